The van der Waals surface area contributed by atoms with E-state index in [-0.39, 0.29) is 18.5 Å². The zero-order valence-corrected chi connectivity index (χ0v) is 13.3. The molecule has 0 aliphatic carbocycles. The van der Waals surface area contributed by atoms with Gasteiger partial charge in [-0.2, -0.15) is 0 Å². The van der Waals surface area contributed by atoms with Crippen LogP contribution in [0.1, 0.15) is 54.3 Å². The van der Waals surface area contributed by atoms with Crippen molar-refractivity contribution in [3.05, 3.63) is 35.4 Å². The van der Waals surface area contributed by atoms with Crippen molar-refractivity contribution in [1.29, 1.82) is 0 Å². The molecule has 0 saturated carbocycles. The lowest BCUT2D eigenvalue weighted by Crippen LogP contribution is -2.43. The second-order valence-corrected chi connectivity index (χ2v) is 6.18. The van der Waals surface area contributed by atoms with Crippen molar-refractivity contribution < 1.29 is 14.4 Å². The molecule has 1 atom stereocenters. The number of imide groups is 1. The zero-order valence-electron chi connectivity index (χ0n) is 13.3. The molecule has 1 aromatic rings. The summed E-state index contributed by atoms with van der Waals surface area (Å²) < 4.78 is 0. The van der Waals surface area contributed by atoms with Gasteiger partial charge in [-0.05, 0) is 37.8 Å². The molecule has 22 heavy (non-hydrogen) atoms. The highest BCUT2D eigenvalue weighted by Gasteiger charge is 2.36. The first-order chi connectivity index (χ1) is 10.4. The van der Waals surface area contributed by atoms with Crippen molar-refractivity contribution in [3.63, 3.8) is 0 Å². The van der Waals surface area contributed by atoms with Crippen molar-refractivity contribution in [2.75, 3.05) is 6.54 Å². The van der Waals surface area contributed by atoms with E-state index < -0.39 is 11.8 Å². The first-order valence-electron chi connectivity index (χ1n) is 7.64. The van der Waals surface area contributed by atoms with Crippen molar-refractivity contribution in [2.45, 2.75) is 39.7 Å². The predicted octanol–water partition coefficient (Wildman–Crippen LogP) is 2.22. The van der Waals surface area contributed by atoms with Gasteiger partial charge in [-0.25, -0.2) is 0 Å². The molecule has 3 amide bonds. The Balaban J connectivity index is 1.93. The molecule has 0 unspecified atom stereocenters. The molecule has 1 aromatic carbocycles. The molecule has 2 rings (SSSR count). The van der Waals surface area contributed by atoms with Gasteiger partial charge in [0.25, 0.3) is 11.8 Å². The fourth-order valence-electron chi connectivity index (χ4n) is 2.50. The maximum Gasteiger partial charge on any atom is 0.262 e. The number of nitrogens with one attached hydrogen (secondary N) is 1. The van der Waals surface area contributed by atoms with Gasteiger partial charge in [0, 0.05) is 6.04 Å². The molecule has 5 nitrogen and oxygen atoms in total. The number of fused-ring (bicyclic) bond motifs is 1. The van der Waals surface area contributed by atoms with Gasteiger partial charge in [0.1, 0.15) is 6.54 Å². The van der Waals surface area contributed by atoms with Crippen LogP contribution >= 0.6 is 0 Å². The highest BCUT2D eigenvalue weighted by molar-refractivity contribution is 6.22. The first kappa shape index (κ1) is 16.2. The van der Waals surface area contributed by atoms with E-state index in [1.165, 1.54) is 0 Å². The van der Waals surface area contributed by atoms with Crippen LogP contribution in [0.2, 0.25) is 0 Å². The minimum atomic E-state index is -0.398. The molecule has 1 aliphatic rings. The number of carbonyl (C=O) groups excluding carboxylic acids is 3. The van der Waals surface area contributed by atoms with Crippen LogP contribution in [0.15, 0.2) is 24.3 Å². The Morgan fingerprint density at radius 3 is 2.09 bits per heavy atom. The summed E-state index contributed by atoms with van der Waals surface area (Å²) in [5.74, 6) is -0.516. The molecular weight excluding hydrogens is 280 g/mol. The van der Waals surface area contributed by atoms with Crippen LogP contribution in [-0.2, 0) is 4.79 Å². The SMILES string of the molecule is CC(C)CC[C@@H](C)NC(=O)CN1C(=O)c2ccccc2C1=O. The molecule has 118 valence electrons. The van der Waals surface area contributed by atoms with Gasteiger partial charge in [0.15, 0.2) is 0 Å². The third kappa shape index (κ3) is 3.53. The smallest absolute Gasteiger partial charge is 0.262 e. The van der Waals surface area contributed by atoms with Gasteiger partial charge in [0.2, 0.25) is 5.91 Å². The van der Waals surface area contributed by atoms with Crippen LogP contribution in [0.3, 0.4) is 0 Å². The number of benzene rings is 1. The van der Waals surface area contributed by atoms with Crippen LogP contribution in [0, 0.1) is 5.92 Å². The Morgan fingerprint density at radius 2 is 1.59 bits per heavy atom. The van der Waals surface area contributed by atoms with E-state index in [2.05, 4.69) is 19.2 Å². The molecule has 1 N–H and O–H groups in total. The minimum absolute atomic E-state index is 0.0325. The van der Waals surface area contributed by atoms with Gasteiger partial charge >= 0.3 is 0 Å². The van der Waals surface area contributed by atoms with E-state index in [0.717, 1.165) is 17.7 Å². The van der Waals surface area contributed by atoms with E-state index in [4.69, 9.17) is 0 Å². The molecule has 1 aliphatic heterocycles. The second-order valence-electron chi connectivity index (χ2n) is 6.18. The number of carbonyl (C=O) groups is 3. The lowest BCUT2D eigenvalue weighted by molar-refractivity contribution is -0.122. The summed E-state index contributed by atoms with van der Waals surface area (Å²) in [7, 11) is 0. The normalized spacial score (nSPS) is 15.2. The molecule has 0 radical (unpaired) electrons. The summed E-state index contributed by atoms with van der Waals surface area (Å²) in [6.45, 7) is 5.97. The quantitative estimate of drug-likeness (QED) is 0.819. The Bertz CT molecular complexity index is 560. The van der Waals surface area contributed by atoms with Crippen LogP contribution in [0.5, 0.6) is 0 Å². The Kier molecular flexibility index (Phi) is 4.96. The number of nitrogens with zero attached hydrogens (tertiary/aromatic N) is 1. The summed E-state index contributed by atoms with van der Waals surface area (Å²) in [6, 6.07) is 6.67. The molecule has 0 fully saturated rings. The second kappa shape index (κ2) is 6.73. The molecule has 0 saturated heterocycles. The third-order valence-corrected chi connectivity index (χ3v) is 3.76. The molecular formula is C17H22N2O3. The fourth-order valence-corrected chi connectivity index (χ4v) is 2.50. The fraction of sp³-hybridized carbons (Fsp3) is 0.471. The summed E-state index contributed by atoms with van der Waals surface area (Å²) in [4.78, 5) is 37.4. The van der Waals surface area contributed by atoms with E-state index in [1.807, 2.05) is 6.92 Å². The Morgan fingerprint density at radius 1 is 1.05 bits per heavy atom. The summed E-state index contributed by atoms with van der Waals surface area (Å²) in [6.07, 6.45) is 1.90. The topological polar surface area (TPSA) is 66.5 Å². The van der Waals surface area contributed by atoms with Crippen molar-refractivity contribution >= 4 is 17.7 Å². The maximum absolute atomic E-state index is 12.2. The van der Waals surface area contributed by atoms with Gasteiger partial charge in [0.05, 0.1) is 11.1 Å². The van der Waals surface area contributed by atoms with Gasteiger partial charge in [-0.3, -0.25) is 19.3 Å². The summed E-state index contributed by atoms with van der Waals surface area (Å²) in [5, 5.41) is 2.84. The summed E-state index contributed by atoms with van der Waals surface area (Å²) >= 11 is 0. The lowest BCUT2D eigenvalue weighted by Gasteiger charge is -2.18. The maximum atomic E-state index is 12.2. The minimum Gasteiger partial charge on any atom is -0.352 e. The van der Waals surface area contributed by atoms with Crippen molar-refractivity contribution in [3.8, 4) is 0 Å². The van der Waals surface area contributed by atoms with Crippen LogP contribution in [0.4, 0.5) is 0 Å². The molecule has 0 spiro atoms. The molecule has 0 aromatic heterocycles. The number of hydrogen-bond acceptors (Lipinski definition) is 3. The van der Waals surface area contributed by atoms with E-state index in [1.54, 1.807) is 24.3 Å². The highest BCUT2D eigenvalue weighted by atomic mass is 16.2. The third-order valence-electron chi connectivity index (χ3n) is 3.76. The Hall–Kier alpha value is -2.17. The standard InChI is InChI=1S/C17H22N2O3/c1-11(2)8-9-12(3)18-15(20)10-19-16(21)13-6-4-5-7-14(13)17(19)22/h4-7,11-12H,8-10H2,1-3H3,(H,18,20)/t12-/m1/s1. The highest BCUT2D eigenvalue weighted by Crippen LogP contribution is 2.21. The molecule has 5 heteroatoms. The molecule has 0 bridgehead atoms. The lowest BCUT2D eigenvalue weighted by atomic mass is 10.0. The van der Waals surface area contributed by atoms with E-state index in [9.17, 15) is 14.4 Å². The molecule has 1 heterocycles. The van der Waals surface area contributed by atoms with Gasteiger partial charge < -0.3 is 5.32 Å². The van der Waals surface area contributed by atoms with Crippen LogP contribution < -0.4 is 5.32 Å². The van der Waals surface area contributed by atoms with Crippen LogP contribution in [-0.4, -0.2) is 35.2 Å². The number of amides is 3. The zero-order chi connectivity index (χ0) is 16.3. The average Bonchev–Trinajstić information content (AvgIpc) is 2.71. The Labute approximate surface area is 130 Å². The van der Waals surface area contributed by atoms with Crippen molar-refractivity contribution in [1.82, 2.24) is 10.2 Å². The van der Waals surface area contributed by atoms with E-state index >= 15 is 0 Å². The number of hydrogen-bond donors (Lipinski definition) is 1. The van der Waals surface area contributed by atoms with E-state index in [0.29, 0.717) is 17.0 Å². The van der Waals surface area contributed by atoms with Crippen molar-refractivity contribution in [2.24, 2.45) is 5.92 Å². The monoisotopic (exact) mass is 302 g/mol. The predicted molar refractivity (Wildman–Crippen MR) is 83.5 cm³/mol. The first-order valence-corrected chi connectivity index (χ1v) is 7.64. The van der Waals surface area contributed by atoms with Gasteiger partial charge in [-0.1, -0.05) is 26.0 Å². The van der Waals surface area contributed by atoms with Crippen LogP contribution in [0.25, 0.3) is 0 Å². The average molecular weight is 302 g/mol. The summed E-state index contributed by atoms with van der Waals surface area (Å²) in [5.41, 5.74) is 0.737. The number of rotatable bonds is 6. The van der Waals surface area contributed by atoms with Gasteiger partial charge in [-0.15, -0.1) is 0 Å². The largest absolute Gasteiger partial charge is 0.352 e.